The van der Waals surface area contributed by atoms with E-state index >= 15 is 0 Å². The number of halogens is 1. The van der Waals surface area contributed by atoms with Gasteiger partial charge in [0.05, 0.1) is 11.1 Å². The molecule has 2 heterocycles. The second-order valence-corrected chi connectivity index (χ2v) is 6.98. The van der Waals surface area contributed by atoms with Crippen molar-refractivity contribution in [3.63, 3.8) is 0 Å². The third-order valence-electron chi connectivity index (χ3n) is 3.93. The number of fused-ring (bicyclic) bond motifs is 1. The van der Waals surface area contributed by atoms with Gasteiger partial charge in [0.25, 0.3) is 5.56 Å². The molecule has 0 radical (unpaired) electrons. The van der Waals surface area contributed by atoms with Crippen LogP contribution in [0.1, 0.15) is 18.9 Å². The predicted molar refractivity (Wildman–Crippen MR) is 104 cm³/mol. The fourth-order valence-electron chi connectivity index (χ4n) is 2.59. The Kier molecular flexibility index (Phi) is 4.68. The van der Waals surface area contributed by atoms with Crippen LogP contribution in [0.5, 0.6) is 5.75 Å². The Labute approximate surface area is 158 Å². The summed E-state index contributed by atoms with van der Waals surface area (Å²) in [5.41, 5.74) is 1.33. The quantitative estimate of drug-likeness (QED) is 0.532. The van der Waals surface area contributed by atoms with Gasteiger partial charge >= 0.3 is 0 Å². The van der Waals surface area contributed by atoms with Crippen LogP contribution in [0.25, 0.3) is 22.4 Å². The number of rotatable bonds is 5. The molecule has 0 spiro atoms. The highest BCUT2D eigenvalue weighted by Crippen LogP contribution is 2.20. The van der Waals surface area contributed by atoms with Crippen molar-refractivity contribution in [3.05, 3.63) is 74.8 Å². The van der Waals surface area contributed by atoms with Crippen molar-refractivity contribution < 1.29 is 9.13 Å². The predicted octanol–water partition coefficient (Wildman–Crippen LogP) is 3.29. The minimum Gasteiger partial charge on any atom is -0.494 e. The van der Waals surface area contributed by atoms with Crippen LogP contribution < -0.4 is 14.8 Å². The summed E-state index contributed by atoms with van der Waals surface area (Å²) in [5, 5.41) is 4.33. The lowest BCUT2D eigenvalue weighted by Gasteiger charge is -2.04. The fraction of sp³-hybridized carbons (Fsp3) is 0.150. The second-order valence-electron chi connectivity index (χ2n) is 5.97. The van der Waals surface area contributed by atoms with E-state index in [2.05, 4.69) is 17.0 Å². The van der Waals surface area contributed by atoms with Crippen molar-refractivity contribution in [2.24, 2.45) is 0 Å². The van der Waals surface area contributed by atoms with Gasteiger partial charge in [-0.15, -0.1) is 5.10 Å². The highest BCUT2D eigenvalue weighted by molar-refractivity contribution is 7.15. The highest BCUT2D eigenvalue weighted by Gasteiger charge is 2.12. The van der Waals surface area contributed by atoms with Crippen LogP contribution in [-0.4, -0.2) is 21.2 Å². The molecule has 27 heavy (non-hydrogen) atoms. The van der Waals surface area contributed by atoms with Gasteiger partial charge in [-0.1, -0.05) is 30.4 Å². The molecule has 0 atom stereocenters. The molecule has 5 nitrogen and oxygen atoms in total. The number of thiazole rings is 1. The standard InChI is InChI=1S/C20H16FN3O2S/c1-2-11-26-16-9-5-14(6-10-16)18-22-20-24(23-18)19(25)17(27-20)12-13-3-7-15(21)8-4-13/h3-10,12H,2,11H2,1H3. The van der Waals surface area contributed by atoms with E-state index in [9.17, 15) is 9.18 Å². The van der Waals surface area contributed by atoms with Crippen LogP contribution in [0.2, 0.25) is 0 Å². The first kappa shape index (κ1) is 17.4. The van der Waals surface area contributed by atoms with Gasteiger partial charge in [0, 0.05) is 5.56 Å². The van der Waals surface area contributed by atoms with Gasteiger partial charge in [0.15, 0.2) is 5.82 Å². The minimum absolute atomic E-state index is 0.235. The summed E-state index contributed by atoms with van der Waals surface area (Å²) >= 11 is 1.26. The largest absolute Gasteiger partial charge is 0.494 e. The smallest absolute Gasteiger partial charge is 0.291 e. The lowest BCUT2D eigenvalue weighted by Crippen LogP contribution is -2.23. The van der Waals surface area contributed by atoms with Crippen LogP contribution in [0.3, 0.4) is 0 Å². The van der Waals surface area contributed by atoms with Gasteiger partial charge in [-0.25, -0.2) is 4.39 Å². The molecule has 0 saturated carbocycles. The second kappa shape index (κ2) is 7.28. The zero-order valence-electron chi connectivity index (χ0n) is 14.6. The average molecular weight is 381 g/mol. The summed E-state index contributed by atoms with van der Waals surface area (Å²) < 4.78 is 20.4. The summed E-state index contributed by atoms with van der Waals surface area (Å²) in [6.07, 6.45) is 2.66. The van der Waals surface area contributed by atoms with Crippen LogP contribution in [-0.2, 0) is 0 Å². The van der Waals surface area contributed by atoms with E-state index in [0.29, 0.717) is 21.9 Å². The molecule has 136 valence electrons. The minimum atomic E-state index is -0.312. The Morgan fingerprint density at radius 2 is 1.89 bits per heavy atom. The maximum atomic E-state index is 13.0. The number of nitrogens with zero attached hydrogens (tertiary/aromatic N) is 3. The first-order valence-electron chi connectivity index (χ1n) is 8.54. The number of ether oxygens (including phenoxy) is 1. The molecule has 0 bridgehead atoms. The molecule has 0 fully saturated rings. The lowest BCUT2D eigenvalue weighted by molar-refractivity contribution is 0.317. The molecular weight excluding hydrogens is 365 g/mol. The summed E-state index contributed by atoms with van der Waals surface area (Å²) in [7, 11) is 0. The molecule has 2 aromatic carbocycles. The summed E-state index contributed by atoms with van der Waals surface area (Å²) in [6.45, 7) is 2.73. The van der Waals surface area contributed by atoms with Gasteiger partial charge < -0.3 is 4.74 Å². The van der Waals surface area contributed by atoms with Crippen molar-refractivity contribution in [1.29, 1.82) is 0 Å². The first-order chi connectivity index (χ1) is 13.1. The Morgan fingerprint density at radius 3 is 2.56 bits per heavy atom. The molecule has 0 aliphatic carbocycles. The molecule has 0 N–H and O–H groups in total. The first-order valence-corrected chi connectivity index (χ1v) is 9.36. The molecule has 7 heteroatoms. The van der Waals surface area contributed by atoms with Crippen LogP contribution >= 0.6 is 11.3 Å². The lowest BCUT2D eigenvalue weighted by atomic mass is 10.2. The van der Waals surface area contributed by atoms with Crippen molar-refractivity contribution in [2.45, 2.75) is 13.3 Å². The van der Waals surface area contributed by atoms with Gasteiger partial charge in [0.2, 0.25) is 4.96 Å². The molecule has 0 unspecified atom stereocenters. The normalized spacial score (nSPS) is 12.0. The van der Waals surface area contributed by atoms with E-state index in [0.717, 1.165) is 23.3 Å². The van der Waals surface area contributed by atoms with Crippen molar-refractivity contribution in [3.8, 4) is 17.1 Å². The van der Waals surface area contributed by atoms with E-state index in [4.69, 9.17) is 4.74 Å². The van der Waals surface area contributed by atoms with Crippen molar-refractivity contribution in [1.82, 2.24) is 14.6 Å². The average Bonchev–Trinajstić information content (AvgIpc) is 3.22. The van der Waals surface area contributed by atoms with Crippen LogP contribution in [0.4, 0.5) is 4.39 Å². The van der Waals surface area contributed by atoms with Crippen LogP contribution in [0.15, 0.2) is 53.3 Å². The van der Waals surface area contributed by atoms with Crippen molar-refractivity contribution in [2.75, 3.05) is 6.61 Å². The monoisotopic (exact) mass is 381 g/mol. The van der Waals surface area contributed by atoms with Crippen LogP contribution in [0, 0.1) is 5.82 Å². The van der Waals surface area contributed by atoms with Gasteiger partial charge in [0.1, 0.15) is 11.6 Å². The zero-order chi connectivity index (χ0) is 18.8. The molecule has 4 aromatic rings. The third kappa shape index (κ3) is 3.59. The molecule has 0 aliphatic heterocycles. The van der Waals surface area contributed by atoms with E-state index < -0.39 is 0 Å². The Hall–Kier alpha value is -3.06. The zero-order valence-corrected chi connectivity index (χ0v) is 15.4. The third-order valence-corrected chi connectivity index (χ3v) is 4.89. The summed E-state index contributed by atoms with van der Waals surface area (Å²) in [5.74, 6) is 0.976. The molecule has 0 amide bonds. The number of aromatic nitrogens is 3. The molecule has 2 aromatic heterocycles. The maximum Gasteiger partial charge on any atom is 0.291 e. The molecular formula is C20H16FN3O2S. The van der Waals surface area contributed by atoms with E-state index in [-0.39, 0.29) is 11.4 Å². The summed E-state index contributed by atoms with van der Waals surface area (Å²) in [6, 6.07) is 13.5. The van der Waals surface area contributed by atoms with E-state index in [1.54, 1.807) is 18.2 Å². The highest BCUT2D eigenvalue weighted by atomic mass is 32.1. The Balaban J connectivity index is 1.66. The van der Waals surface area contributed by atoms with Gasteiger partial charge in [-0.3, -0.25) is 4.79 Å². The molecule has 4 rings (SSSR count). The van der Waals surface area contributed by atoms with E-state index in [1.165, 1.54) is 28.0 Å². The Morgan fingerprint density at radius 1 is 1.15 bits per heavy atom. The fourth-order valence-corrected chi connectivity index (χ4v) is 3.49. The number of benzene rings is 2. The number of hydrogen-bond acceptors (Lipinski definition) is 5. The summed E-state index contributed by atoms with van der Waals surface area (Å²) in [4.78, 5) is 17.5. The topological polar surface area (TPSA) is 56.5 Å². The SMILES string of the molecule is CCCOc1ccc(-c2nc3sc(=Cc4ccc(F)cc4)c(=O)n3n2)cc1. The Bertz CT molecular complexity index is 1180. The molecule has 0 saturated heterocycles. The maximum absolute atomic E-state index is 13.0. The van der Waals surface area contributed by atoms with Gasteiger partial charge in [-0.05, 0) is 54.5 Å². The number of hydrogen-bond donors (Lipinski definition) is 0. The molecule has 0 aliphatic rings. The van der Waals surface area contributed by atoms with E-state index in [1.807, 2.05) is 24.3 Å². The van der Waals surface area contributed by atoms with Gasteiger partial charge in [-0.2, -0.15) is 9.50 Å². The van der Waals surface area contributed by atoms with Crippen molar-refractivity contribution >= 4 is 22.4 Å².